The van der Waals surface area contributed by atoms with Crippen LogP contribution in [0.1, 0.15) is 23.8 Å². The molecule has 1 aliphatic heterocycles. The van der Waals surface area contributed by atoms with E-state index in [0.29, 0.717) is 11.7 Å². The molecule has 1 saturated heterocycles. The number of hydrogen-bond acceptors (Lipinski definition) is 5. The number of likely N-dealkylation sites (tertiary alicyclic amines) is 1. The largest absolute Gasteiger partial charge is 0.497 e. The van der Waals surface area contributed by atoms with Gasteiger partial charge in [0.15, 0.2) is 0 Å². The number of ether oxygens (including phenoxy) is 1. The van der Waals surface area contributed by atoms with Crippen LogP contribution in [0.5, 0.6) is 5.75 Å². The topological polar surface area (TPSA) is 51.4 Å². The number of hydrogen-bond donors (Lipinski definition) is 0. The van der Waals surface area contributed by atoms with E-state index in [0.717, 1.165) is 48.0 Å². The lowest BCUT2D eigenvalue weighted by Gasteiger charge is -2.16. The molecule has 1 aromatic heterocycles. The van der Waals surface area contributed by atoms with E-state index in [1.165, 1.54) is 0 Å². The average Bonchev–Trinajstić information content (AvgIpc) is 3.33. The predicted molar refractivity (Wildman–Crippen MR) is 100 cm³/mol. The van der Waals surface area contributed by atoms with E-state index in [4.69, 9.17) is 20.9 Å². The van der Waals surface area contributed by atoms with E-state index < -0.39 is 0 Å². The van der Waals surface area contributed by atoms with Crippen LogP contribution in [0.3, 0.4) is 0 Å². The first kappa shape index (κ1) is 17.1. The Morgan fingerprint density at radius 2 is 2.12 bits per heavy atom. The summed E-state index contributed by atoms with van der Waals surface area (Å²) in [6.07, 6.45) is 1.00. The fourth-order valence-corrected chi connectivity index (χ4v) is 3.52. The molecule has 0 unspecified atom stereocenters. The molecule has 6 heteroatoms. The van der Waals surface area contributed by atoms with Crippen molar-refractivity contribution in [3.05, 3.63) is 65.0 Å². The SMILES string of the molecule is COc1cccc(-c2noc([C@@H]3CCN(Cc4ccccc4Cl)C3)n2)c1. The summed E-state index contributed by atoms with van der Waals surface area (Å²) in [4.78, 5) is 6.99. The molecule has 2 aromatic carbocycles. The van der Waals surface area contributed by atoms with Crippen LogP contribution >= 0.6 is 11.6 Å². The summed E-state index contributed by atoms with van der Waals surface area (Å²) in [5, 5.41) is 4.96. The zero-order valence-electron chi connectivity index (χ0n) is 14.6. The smallest absolute Gasteiger partial charge is 0.231 e. The Bertz CT molecular complexity index is 896. The fraction of sp³-hybridized carbons (Fsp3) is 0.300. The third kappa shape index (κ3) is 3.59. The van der Waals surface area contributed by atoms with Crippen molar-refractivity contribution in [2.75, 3.05) is 20.2 Å². The normalized spacial score (nSPS) is 17.5. The van der Waals surface area contributed by atoms with Gasteiger partial charge in [-0.05, 0) is 36.7 Å². The van der Waals surface area contributed by atoms with Crippen LogP contribution in [0.15, 0.2) is 53.1 Å². The standard InChI is InChI=1S/C20H20ClN3O2/c1-25-17-7-4-6-14(11-17)19-22-20(26-23-19)16-9-10-24(13-16)12-15-5-2-3-8-18(15)21/h2-8,11,16H,9-10,12-13H2,1H3/t16-/m1/s1. The molecule has 0 bridgehead atoms. The number of benzene rings is 2. The van der Waals surface area contributed by atoms with Gasteiger partial charge in [0, 0.05) is 23.7 Å². The van der Waals surface area contributed by atoms with E-state index in [1.807, 2.05) is 42.5 Å². The minimum absolute atomic E-state index is 0.254. The van der Waals surface area contributed by atoms with Crippen LogP contribution in [0.4, 0.5) is 0 Å². The third-order valence-corrected chi connectivity index (χ3v) is 5.11. The van der Waals surface area contributed by atoms with Crippen LogP contribution in [0.25, 0.3) is 11.4 Å². The van der Waals surface area contributed by atoms with Gasteiger partial charge in [0.25, 0.3) is 0 Å². The van der Waals surface area contributed by atoms with Gasteiger partial charge in [-0.25, -0.2) is 0 Å². The molecule has 0 aliphatic carbocycles. The maximum Gasteiger partial charge on any atom is 0.231 e. The van der Waals surface area contributed by atoms with E-state index in [1.54, 1.807) is 7.11 Å². The second-order valence-electron chi connectivity index (χ2n) is 6.50. The van der Waals surface area contributed by atoms with Crippen molar-refractivity contribution in [2.45, 2.75) is 18.9 Å². The Balaban J connectivity index is 1.44. The summed E-state index contributed by atoms with van der Waals surface area (Å²) < 4.78 is 10.8. The van der Waals surface area contributed by atoms with Gasteiger partial charge in [-0.15, -0.1) is 0 Å². The minimum atomic E-state index is 0.254. The van der Waals surface area contributed by atoms with Crippen LogP contribution < -0.4 is 4.74 Å². The van der Waals surface area contributed by atoms with Gasteiger partial charge in [0.1, 0.15) is 5.75 Å². The van der Waals surface area contributed by atoms with Crippen molar-refractivity contribution in [3.8, 4) is 17.1 Å². The third-order valence-electron chi connectivity index (χ3n) is 4.74. The molecule has 134 valence electrons. The Morgan fingerprint density at radius 3 is 2.96 bits per heavy atom. The van der Waals surface area contributed by atoms with Crippen LogP contribution in [-0.2, 0) is 6.54 Å². The molecule has 0 radical (unpaired) electrons. The highest BCUT2D eigenvalue weighted by atomic mass is 35.5. The summed E-state index contributed by atoms with van der Waals surface area (Å²) in [7, 11) is 1.65. The molecule has 0 N–H and O–H groups in total. The average molecular weight is 370 g/mol. The molecule has 4 rings (SSSR count). The predicted octanol–water partition coefficient (Wildman–Crippen LogP) is 4.39. The molecule has 0 amide bonds. The van der Waals surface area contributed by atoms with E-state index in [2.05, 4.69) is 21.1 Å². The lowest BCUT2D eigenvalue weighted by atomic mass is 10.1. The van der Waals surface area contributed by atoms with Crippen molar-refractivity contribution in [1.29, 1.82) is 0 Å². The van der Waals surface area contributed by atoms with Crippen LogP contribution in [0, 0.1) is 0 Å². The summed E-state index contributed by atoms with van der Waals surface area (Å²) in [6.45, 7) is 2.73. The highest BCUT2D eigenvalue weighted by Gasteiger charge is 2.28. The molecule has 2 heterocycles. The first-order valence-electron chi connectivity index (χ1n) is 8.66. The molecule has 0 spiro atoms. The number of rotatable bonds is 5. The van der Waals surface area contributed by atoms with E-state index in [9.17, 15) is 0 Å². The highest BCUT2D eigenvalue weighted by molar-refractivity contribution is 6.31. The number of methoxy groups -OCH3 is 1. The molecule has 26 heavy (non-hydrogen) atoms. The number of aromatic nitrogens is 2. The first-order valence-corrected chi connectivity index (χ1v) is 9.04. The van der Waals surface area contributed by atoms with Gasteiger partial charge >= 0.3 is 0 Å². The maximum atomic E-state index is 6.27. The van der Waals surface area contributed by atoms with Gasteiger partial charge in [0.2, 0.25) is 11.7 Å². The number of nitrogens with zero attached hydrogens (tertiary/aromatic N) is 3. The highest BCUT2D eigenvalue weighted by Crippen LogP contribution is 2.30. The summed E-state index contributed by atoms with van der Waals surface area (Å²) in [5.41, 5.74) is 2.04. The monoisotopic (exact) mass is 369 g/mol. The second-order valence-corrected chi connectivity index (χ2v) is 6.91. The molecular formula is C20H20ClN3O2. The molecule has 0 saturated carbocycles. The fourth-order valence-electron chi connectivity index (χ4n) is 3.33. The summed E-state index contributed by atoms with van der Waals surface area (Å²) in [5.74, 6) is 2.33. The van der Waals surface area contributed by atoms with Gasteiger partial charge in [0.05, 0.1) is 13.0 Å². The lowest BCUT2D eigenvalue weighted by molar-refractivity contribution is 0.309. The Hall–Kier alpha value is -2.37. The number of halogens is 1. The van der Waals surface area contributed by atoms with Crippen LogP contribution in [0.2, 0.25) is 5.02 Å². The molecule has 5 nitrogen and oxygen atoms in total. The van der Waals surface area contributed by atoms with Gasteiger partial charge in [-0.2, -0.15) is 4.98 Å². The molecule has 3 aromatic rings. The Kier molecular flexibility index (Phi) is 4.91. The van der Waals surface area contributed by atoms with Crippen molar-refractivity contribution >= 4 is 11.6 Å². The quantitative estimate of drug-likeness (QED) is 0.667. The zero-order chi connectivity index (χ0) is 17.9. The Labute approximate surface area is 157 Å². The van der Waals surface area contributed by atoms with Gasteiger partial charge < -0.3 is 9.26 Å². The van der Waals surface area contributed by atoms with Crippen molar-refractivity contribution in [3.63, 3.8) is 0 Å². The van der Waals surface area contributed by atoms with Crippen LogP contribution in [-0.4, -0.2) is 35.2 Å². The second kappa shape index (κ2) is 7.48. The van der Waals surface area contributed by atoms with Crippen molar-refractivity contribution in [1.82, 2.24) is 15.0 Å². The minimum Gasteiger partial charge on any atom is -0.497 e. The van der Waals surface area contributed by atoms with Crippen molar-refractivity contribution < 1.29 is 9.26 Å². The molecular weight excluding hydrogens is 350 g/mol. The zero-order valence-corrected chi connectivity index (χ0v) is 15.3. The molecule has 1 atom stereocenters. The molecule has 1 fully saturated rings. The van der Waals surface area contributed by atoms with Gasteiger partial charge in [-0.1, -0.05) is 47.1 Å². The molecule has 1 aliphatic rings. The van der Waals surface area contributed by atoms with Gasteiger partial charge in [-0.3, -0.25) is 4.90 Å². The summed E-state index contributed by atoms with van der Waals surface area (Å²) >= 11 is 6.27. The Morgan fingerprint density at radius 1 is 1.23 bits per heavy atom. The lowest BCUT2D eigenvalue weighted by Crippen LogP contribution is -2.20. The van der Waals surface area contributed by atoms with E-state index in [-0.39, 0.29) is 5.92 Å². The first-order chi connectivity index (χ1) is 12.7. The van der Waals surface area contributed by atoms with Crippen molar-refractivity contribution in [2.24, 2.45) is 0 Å². The summed E-state index contributed by atoms with van der Waals surface area (Å²) in [6, 6.07) is 15.7. The van der Waals surface area contributed by atoms with E-state index >= 15 is 0 Å². The maximum absolute atomic E-state index is 6.27.